The van der Waals surface area contributed by atoms with Crippen LogP contribution in [0.5, 0.6) is 5.88 Å². The summed E-state index contributed by atoms with van der Waals surface area (Å²) in [5, 5.41) is 9.59. The van der Waals surface area contributed by atoms with E-state index in [1.54, 1.807) is 7.05 Å². The summed E-state index contributed by atoms with van der Waals surface area (Å²) in [5.41, 5.74) is -0.134. The Kier molecular flexibility index (Phi) is 4.47. The van der Waals surface area contributed by atoms with E-state index >= 15 is 0 Å². The fraction of sp³-hybridized carbons (Fsp3) is 0.769. The molecule has 1 saturated heterocycles. The zero-order chi connectivity index (χ0) is 13.0. The van der Waals surface area contributed by atoms with Gasteiger partial charge in [0.25, 0.3) is 0 Å². The lowest BCUT2D eigenvalue weighted by Gasteiger charge is -2.26. The zero-order valence-corrected chi connectivity index (χ0v) is 11.1. The zero-order valence-electron chi connectivity index (χ0n) is 11.1. The Hall–Kier alpha value is -1.23. The van der Waals surface area contributed by atoms with Crippen LogP contribution in [0, 0.1) is 0 Å². The van der Waals surface area contributed by atoms with Crippen LogP contribution in [0.15, 0.2) is 11.0 Å². The Labute approximate surface area is 108 Å². The Balaban J connectivity index is 1.73. The van der Waals surface area contributed by atoms with Crippen molar-refractivity contribution in [3.8, 4) is 5.88 Å². The minimum Gasteiger partial charge on any atom is -0.493 e. The molecule has 102 valence electrons. The summed E-state index contributed by atoms with van der Waals surface area (Å²) in [5.74, 6) is 0.0699. The molecule has 0 bridgehead atoms. The fourth-order valence-electron chi connectivity index (χ4n) is 2.59. The van der Waals surface area contributed by atoms with E-state index in [1.807, 2.05) is 0 Å². The van der Waals surface area contributed by atoms with Crippen LogP contribution in [0.3, 0.4) is 0 Å². The van der Waals surface area contributed by atoms with Crippen molar-refractivity contribution >= 4 is 0 Å². The second-order valence-corrected chi connectivity index (χ2v) is 5.14. The van der Waals surface area contributed by atoms with Gasteiger partial charge in [-0.2, -0.15) is 0 Å². The first-order valence-electron chi connectivity index (χ1n) is 6.86. The van der Waals surface area contributed by atoms with E-state index in [0.717, 1.165) is 19.4 Å². The first-order chi connectivity index (χ1) is 8.68. The molecule has 0 amide bonds. The molecule has 2 rings (SSSR count). The van der Waals surface area contributed by atoms with Crippen molar-refractivity contribution in [3.63, 3.8) is 0 Å². The molecule has 0 aliphatic carbocycles. The number of nitrogens with zero attached hydrogens (tertiary/aromatic N) is 3. The van der Waals surface area contributed by atoms with Gasteiger partial charge in [0, 0.05) is 13.6 Å². The number of likely N-dealkylation sites (tertiary alicyclic amines) is 1. The number of hydrogen-bond acceptors (Lipinski definition) is 3. The summed E-state index contributed by atoms with van der Waals surface area (Å²) in [7, 11) is 1.66. The monoisotopic (exact) mass is 253 g/mol. The Morgan fingerprint density at radius 3 is 2.44 bits per heavy atom. The standard InChI is InChI=1S/C13H23N3O2/c1-14-11-12(17)16(13(14)18)10-6-5-9-15-7-3-2-4-8-15/h11,17H,2-10H2,1H3. The summed E-state index contributed by atoms with van der Waals surface area (Å²) >= 11 is 0. The predicted molar refractivity (Wildman–Crippen MR) is 70.9 cm³/mol. The molecule has 2 heterocycles. The number of hydrogen-bond donors (Lipinski definition) is 1. The number of unbranched alkanes of at least 4 members (excludes halogenated alkanes) is 1. The van der Waals surface area contributed by atoms with Gasteiger partial charge >= 0.3 is 5.69 Å². The van der Waals surface area contributed by atoms with Gasteiger partial charge in [-0.1, -0.05) is 6.42 Å². The molecule has 1 aliphatic heterocycles. The van der Waals surface area contributed by atoms with Gasteiger partial charge in [-0.15, -0.1) is 0 Å². The fourth-order valence-corrected chi connectivity index (χ4v) is 2.59. The lowest BCUT2D eigenvalue weighted by atomic mass is 10.1. The van der Waals surface area contributed by atoms with Gasteiger partial charge in [-0.3, -0.25) is 9.13 Å². The third-order valence-corrected chi connectivity index (χ3v) is 3.67. The third kappa shape index (κ3) is 3.16. The Morgan fingerprint density at radius 1 is 1.17 bits per heavy atom. The quantitative estimate of drug-likeness (QED) is 0.801. The number of aromatic nitrogens is 2. The topological polar surface area (TPSA) is 50.4 Å². The number of piperidine rings is 1. The van der Waals surface area contributed by atoms with E-state index in [0.29, 0.717) is 6.54 Å². The van der Waals surface area contributed by atoms with Crippen LogP contribution in [0.4, 0.5) is 0 Å². The third-order valence-electron chi connectivity index (χ3n) is 3.67. The average Bonchev–Trinajstić information content (AvgIpc) is 2.61. The highest BCUT2D eigenvalue weighted by Crippen LogP contribution is 2.10. The second-order valence-electron chi connectivity index (χ2n) is 5.14. The lowest BCUT2D eigenvalue weighted by Crippen LogP contribution is -2.30. The molecule has 1 N–H and O–H groups in total. The molecule has 1 aromatic rings. The van der Waals surface area contributed by atoms with Gasteiger partial charge < -0.3 is 10.0 Å². The normalized spacial score (nSPS) is 17.2. The number of imidazole rings is 1. The summed E-state index contributed by atoms with van der Waals surface area (Å²) in [6.07, 6.45) is 7.49. The molecule has 1 aliphatic rings. The predicted octanol–water partition coefficient (Wildman–Crippen LogP) is 1.16. The summed E-state index contributed by atoms with van der Waals surface area (Å²) in [4.78, 5) is 14.1. The maximum absolute atomic E-state index is 11.6. The number of aromatic hydroxyl groups is 1. The minimum absolute atomic E-state index is 0.0699. The highest BCUT2D eigenvalue weighted by atomic mass is 16.3. The van der Waals surface area contributed by atoms with Gasteiger partial charge in [-0.05, 0) is 45.3 Å². The molecular weight excluding hydrogens is 230 g/mol. The van der Waals surface area contributed by atoms with Gasteiger partial charge in [-0.25, -0.2) is 4.79 Å². The number of aryl methyl sites for hydroxylation is 1. The molecule has 0 aromatic carbocycles. The molecule has 0 unspecified atom stereocenters. The largest absolute Gasteiger partial charge is 0.493 e. The van der Waals surface area contributed by atoms with Crippen molar-refractivity contribution in [2.75, 3.05) is 19.6 Å². The highest BCUT2D eigenvalue weighted by molar-refractivity contribution is 5.04. The van der Waals surface area contributed by atoms with E-state index in [4.69, 9.17) is 0 Å². The molecule has 0 atom stereocenters. The van der Waals surface area contributed by atoms with Gasteiger partial charge in [0.1, 0.15) is 0 Å². The average molecular weight is 253 g/mol. The van der Waals surface area contributed by atoms with Crippen molar-refractivity contribution in [3.05, 3.63) is 16.7 Å². The van der Waals surface area contributed by atoms with Crippen LogP contribution in [0.25, 0.3) is 0 Å². The van der Waals surface area contributed by atoms with Crippen molar-refractivity contribution in [1.82, 2.24) is 14.0 Å². The molecule has 5 heteroatoms. The van der Waals surface area contributed by atoms with Gasteiger partial charge in [0.2, 0.25) is 5.88 Å². The first-order valence-corrected chi connectivity index (χ1v) is 6.86. The van der Waals surface area contributed by atoms with Crippen LogP contribution in [-0.2, 0) is 13.6 Å². The molecule has 1 fully saturated rings. The summed E-state index contributed by atoms with van der Waals surface area (Å²) < 4.78 is 2.86. The lowest BCUT2D eigenvalue weighted by molar-refractivity contribution is 0.223. The maximum atomic E-state index is 11.6. The SMILES string of the molecule is Cn1cc(O)n(CCCCN2CCCCC2)c1=O. The first kappa shape index (κ1) is 13.2. The number of rotatable bonds is 5. The maximum Gasteiger partial charge on any atom is 0.330 e. The van der Waals surface area contributed by atoms with Crippen molar-refractivity contribution in [2.24, 2.45) is 7.05 Å². The van der Waals surface area contributed by atoms with Crippen molar-refractivity contribution < 1.29 is 5.11 Å². The van der Waals surface area contributed by atoms with Crippen molar-refractivity contribution in [1.29, 1.82) is 0 Å². The van der Waals surface area contributed by atoms with E-state index in [9.17, 15) is 9.90 Å². The Bertz CT molecular complexity index is 430. The molecule has 5 nitrogen and oxygen atoms in total. The molecule has 0 saturated carbocycles. The summed E-state index contributed by atoms with van der Waals surface area (Å²) in [6.45, 7) is 4.16. The van der Waals surface area contributed by atoms with E-state index in [2.05, 4.69) is 4.90 Å². The minimum atomic E-state index is -0.134. The van der Waals surface area contributed by atoms with E-state index in [-0.39, 0.29) is 11.6 Å². The molecular formula is C13H23N3O2. The van der Waals surface area contributed by atoms with Crippen LogP contribution in [-0.4, -0.2) is 38.8 Å². The summed E-state index contributed by atoms with van der Waals surface area (Å²) in [6, 6.07) is 0. The van der Waals surface area contributed by atoms with Crippen LogP contribution >= 0.6 is 0 Å². The Morgan fingerprint density at radius 2 is 1.83 bits per heavy atom. The smallest absolute Gasteiger partial charge is 0.330 e. The van der Waals surface area contributed by atoms with Crippen LogP contribution in [0.1, 0.15) is 32.1 Å². The van der Waals surface area contributed by atoms with E-state index in [1.165, 1.54) is 47.7 Å². The molecule has 18 heavy (non-hydrogen) atoms. The second kappa shape index (κ2) is 6.09. The molecule has 0 spiro atoms. The van der Waals surface area contributed by atoms with Crippen molar-refractivity contribution in [2.45, 2.75) is 38.6 Å². The van der Waals surface area contributed by atoms with Gasteiger partial charge in [0.05, 0.1) is 6.20 Å². The van der Waals surface area contributed by atoms with E-state index < -0.39 is 0 Å². The van der Waals surface area contributed by atoms with Crippen LogP contribution in [0.2, 0.25) is 0 Å². The highest BCUT2D eigenvalue weighted by Gasteiger charge is 2.10. The van der Waals surface area contributed by atoms with Crippen LogP contribution < -0.4 is 5.69 Å². The molecule has 1 aromatic heterocycles. The molecule has 0 radical (unpaired) electrons. The van der Waals surface area contributed by atoms with Gasteiger partial charge in [0.15, 0.2) is 0 Å².